The molecule has 0 radical (unpaired) electrons. The second kappa shape index (κ2) is 13.8. The Morgan fingerprint density at radius 2 is 2.05 bits per heavy atom. The fourth-order valence-electron chi connectivity index (χ4n) is 2.40. The molecular formula is C16H30IN3O2. The normalized spacial score (nSPS) is 14.6. The Labute approximate surface area is 151 Å². The predicted octanol–water partition coefficient (Wildman–Crippen LogP) is 3.00. The number of aliphatic imine (C=N–C) groups is 1. The highest BCUT2D eigenvalue weighted by Gasteiger charge is 2.04. The molecule has 0 bridgehead atoms. The van der Waals surface area contributed by atoms with Crippen LogP contribution in [0.25, 0.3) is 0 Å². The molecule has 0 aromatic heterocycles. The van der Waals surface area contributed by atoms with Crippen LogP contribution in [0.4, 0.5) is 0 Å². The quantitative estimate of drug-likeness (QED) is 0.157. The number of guanidine groups is 1. The van der Waals surface area contributed by atoms with Crippen molar-refractivity contribution < 1.29 is 9.53 Å². The zero-order chi connectivity index (χ0) is 15.3. The van der Waals surface area contributed by atoms with Crippen LogP contribution in [0.15, 0.2) is 16.6 Å². The molecular weight excluding hydrogens is 393 g/mol. The molecule has 0 atom stereocenters. The monoisotopic (exact) mass is 423 g/mol. The Hall–Kier alpha value is -0.790. The predicted molar refractivity (Wildman–Crippen MR) is 102 cm³/mol. The third-order valence-electron chi connectivity index (χ3n) is 3.67. The van der Waals surface area contributed by atoms with E-state index in [0.717, 1.165) is 38.3 Å². The first-order valence-corrected chi connectivity index (χ1v) is 7.95. The van der Waals surface area contributed by atoms with E-state index in [-0.39, 0.29) is 29.9 Å². The standard InChI is InChI=1S/C16H29N3O2.HI/c1-17-16(18-12-7-6-10-15(20)21-2)19-13-11-14-8-4-3-5-9-14;/h8H,3-7,9-13H2,1-2H3,(H2,17,18,19);1H. The van der Waals surface area contributed by atoms with Crippen molar-refractivity contribution in [2.24, 2.45) is 4.99 Å². The van der Waals surface area contributed by atoms with Crippen molar-refractivity contribution in [1.29, 1.82) is 0 Å². The van der Waals surface area contributed by atoms with Gasteiger partial charge in [-0.1, -0.05) is 11.6 Å². The van der Waals surface area contributed by atoms with E-state index in [0.29, 0.717) is 6.42 Å². The van der Waals surface area contributed by atoms with Crippen LogP contribution in [0.2, 0.25) is 0 Å². The summed E-state index contributed by atoms with van der Waals surface area (Å²) < 4.78 is 4.61. The number of rotatable bonds is 8. The van der Waals surface area contributed by atoms with Crippen LogP contribution in [0.1, 0.15) is 51.4 Å². The number of esters is 1. The van der Waals surface area contributed by atoms with Gasteiger partial charge in [0.05, 0.1) is 7.11 Å². The summed E-state index contributed by atoms with van der Waals surface area (Å²) in [4.78, 5) is 15.2. The first-order chi connectivity index (χ1) is 10.3. The van der Waals surface area contributed by atoms with Crippen molar-refractivity contribution in [1.82, 2.24) is 10.6 Å². The highest BCUT2D eigenvalue weighted by molar-refractivity contribution is 14.0. The third kappa shape index (κ3) is 10.0. The molecule has 0 aromatic rings. The van der Waals surface area contributed by atoms with Crippen LogP contribution in [0, 0.1) is 0 Å². The molecule has 0 aliphatic heterocycles. The van der Waals surface area contributed by atoms with Crippen molar-refractivity contribution in [2.45, 2.75) is 51.4 Å². The molecule has 0 spiro atoms. The maximum absolute atomic E-state index is 11.0. The van der Waals surface area contributed by atoms with Crippen molar-refractivity contribution in [3.63, 3.8) is 0 Å². The van der Waals surface area contributed by atoms with E-state index in [2.05, 4.69) is 26.4 Å². The molecule has 0 amide bonds. The molecule has 0 heterocycles. The Morgan fingerprint density at radius 3 is 2.68 bits per heavy atom. The van der Waals surface area contributed by atoms with E-state index in [9.17, 15) is 4.79 Å². The van der Waals surface area contributed by atoms with Gasteiger partial charge in [0.15, 0.2) is 5.96 Å². The van der Waals surface area contributed by atoms with Gasteiger partial charge in [-0.05, 0) is 44.9 Å². The molecule has 1 aliphatic carbocycles. The third-order valence-corrected chi connectivity index (χ3v) is 3.67. The van der Waals surface area contributed by atoms with Gasteiger partial charge in [-0.25, -0.2) is 0 Å². The fourth-order valence-corrected chi connectivity index (χ4v) is 2.40. The lowest BCUT2D eigenvalue weighted by Gasteiger charge is -2.15. The average Bonchev–Trinajstić information content (AvgIpc) is 2.53. The number of carbonyl (C=O) groups is 1. The van der Waals surface area contributed by atoms with Crippen LogP contribution >= 0.6 is 24.0 Å². The molecule has 6 heteroatoms. The van der Waals surface area contributed by atoms with Crippen molar-refractivity contribution >= 4 is 35.9 Å². The van der Waals surface area contributed by atoms with E-state index in [1.54, 1.807) is 12.6 Å². The van der Waals surface area contributed by atoms with E-state index in [4.69, 9.17) is 0 Å². The minimum Gasteiger partial charge on any atom is -0.469 e. The fraction of sp³-hybridized carbons (Fsp3) is 0.750. The molecule has 5 nitrogen and oxygen atoms in total. The Balaban J connectivity index is 0.00000441. The highest BCUT2D eigenvalue weighted by atomic mass is 127. The number of ether oxygens (including phenoxy) is 1. The zero-order valence-electron chi connectivity index (χ0n) is 13.8. The number of methoxy groups -OCH3 is 1. The summed E-state index contributed by atoms with van der Waals surface area (Å²) >= 11 is 0. The summed E-state index contributed by atoms with van der Waals surface area (Å²) in [6.45, 7) is 1.74. The van der Waals surface area contributed by atoms with E-state index in [1.165, 1.54) is 32.8 Å². The number of hydrogen-bond donors (Lipinski definition) is 2. The van der Waals surface area contributed by atoms with Gasteiger partial charge in [0.1, 0.15) is 0 Å². The lowest BCUT2D eigenvalue weighted by molar-refractivity contribution is -0.140. The molecule has 22 heavy (non-hydrogen) atoms. The van der Waals surface area contributed by atoms with Crippen LogP contribution in [0.3, 0.4) is 0 Å². The first kappa shape index (κ1) is 21.2. The number of nitrogens with zero attached hydrogens (tertiary/aromatic N) is 1. The van der Waals surface area contributed by atoms with Gasteiger partial charge in [-0.3, -0.25) is 9.79 Å². The molecule has 0 saturated carbocycles. The summed E-state index contributed by atoms with van der Waals surface area (Å²) in [6.07, 6.45) is 10.9. The summed E-state index contributed by atoms with van der Waals surface area (Å²) in [6, 6.07) is 0. The lowest BCUT2D eigenvalue weighted by Crippen LogP contribution is -2.38. The van der Waals surface area contributed by atoms with Gasteiger partial charge in [-0.15, -0.1) is 24.0 Å². The Kier molecular flexibility index (Phi) is 13.3. The second-order valence-corrected chi connectivity index (χ2v) is 5.32. The minimum atomic E-state index is -0.140. The number of carbonyl (C=O) groups excluding carboxylic acids is 1. The topological polar surface area (TPSA) is 62.7 Å². The van der Waals surface area contributed by atoms with Gasteiger partial charge in [0, 0.05) is 26.6 Å². The first-order valence-electron chi connectivity index (χ1n) is 7.95. The van der Waals surface area contributed by atoms with Crippen LogP contribution in [-0.2, 0) is 9.53 Å². The van der Waals surface area contributed by atoms with Gasteiger partial charge in [-0.2, -0.15) is 0 Å². The van der Waals surface area contributed by atoms with Crippen LogP contribution in [0.5, 0.6) is 0 Å². The van der Waals surface area contributed by atoms with Gasteiger partial charge in [0.2, 0.25) is 0 Å². The lowest BCUT2D eigenvalue weighted by atomic mass is 9.97. The molecule has 0 unspecified atom stereocenters. The highest BCUT2D eigenvalue weighted by Crippen LogP contribution is 2.19. The largest absolute Gasteiger partial charge is 0.469 e. The summed E-state index contributed by atoms with van der Waals surface area (Å²) in [7, 11) is 3.21. The number of hydrogen-bond acceptors (Lipinski definition) is 3. The second-order valence-electron chi connectivity index (χ2n) is 5.32. The van der Waals surface area contributed by atoms with Crippen LogP contribution in [-0.4, -0.2) is 39.2 Å². The van der Waals surface area contributed by atoms with E-state index >= 15 is 0 Å². The Bertz CT molecular complexity index is 370. The maximum atomic E-state index is 11.0. The van der Waals surface area contributed by atoms with E-state index < -0.39 is 0 Å². The zero-order valence-corrected chi connectivity index (χ0v) is 16.2. The number of unbranched alkanes of at least 4 members (excludes halogenated alkanes) is 1. The molecule has 0 saturated heterocycles. The van der Waals surface area contributed by atoms with Gasteiger partial charge in [0.25, 0.3) is 0 Å². The average molecular weight is 423 g/mol. The van der Waals surface area contributed by atoms with Crippen molar-refractivity contribution in [3.8, 4) is 0 Å². The summed E-state index contributed by atoms with van der Waals surface area (Å²) in [5, 5.41) is 6.60. The van der Waals surface area contributed by atoms with E-state index in [1.807, 2.05) is 0 Å². The van der Waals surface area contributed by atoms with Crippen molar-refractivity contribution in [3.05, 3.63) is 11.6 Å². The molecule has 2 N–H and O–H groups in total. The molecule has 0 aromatic carbocycles. The minimum absolute atomic E-state index is 0. The Morgan fingerprint density at radius 1 is 1.27 bits per heavy atom. The van der Waals surface area contributed by atoms with Gasteiger partial charge >= 0.3 is 5.97 Å². The molecule has 0 fully saturated rings. The van der Waals surface area contributed by atoms with Gasteiger partial charge < -0.3 is 15.4 Å². The summed E-state index contributed by atoms with van der Waals surface area (Å²) in [5.74, 6) is 0.697. The molecule has 128 valence electrons. The maximum Gasteiger partial charge on any atom is 0.305 e. The van der Waals surface area contributed by atoms with Crippen molar-refractivity contribution in [2.75, 3.05) is 27.2 Å². The SMILES string of the molecule is CN=C(NCCCCC(=O)OC)NCCC1=CCCCC1.I. The molecule has 1 aliphatic rings. The summed E-state index contributed by atoms with van der Waals surface area (Å²) in [5.41, 5.74) is 1.57. The van der Waals surface area contributed by atoms with Crippen LogP contribution < -0.4 is 10.6 Å². The number of nitrogens with one attached hydrogen (secondary N) is 2. The molecule has 1 rings (SSSR count). The number of allylic oxidation sites excluding steroid dienone is 1. The smallest absolute Gasteiger partial charge is 0.305 e. The number of halogens is 1.